The van der Waals surface area contributed by atoms with Crippen molar-refractivity contribution in [2.75, 3.05) is 18.9 Å². The van der Waals surface area contributed by atoms with Gasteiger partial charge in [-0.3, -0.25) is 9.69 Å². The largest absolute Gasteiger partial charge is 0.325 e. The van der Waals surface area contributed by atoms with E-state index < -0.39 is 0 Å². The van der Waals surface area contributed by atoms with Gasteiger partial charge in [-0.05, 0) is 38.3 Å². The fourth-order valence-electron chi connectivity index (χ4n) is 2.16. The van der Waals surface area contributed by atoms with Crippen molar-refractivity contribution in [3.8, 4) is 0 Å². The molecule has 1 aliphatic rings. The van der Waals surface area contributed by atoms with E-state index in [1.807, 2.05) is 11.4 Å². The van der Waals surface area contributed by atoms with Gasteiger partial charge in [-0.2, -0.15) is 0 Å². The molecule has 0 radical (unpaired) electrons. The third-order valence-corrected chi connectivity index (χ3v) is 4.52. The Labute approximate surface area is 119 Å². The van der Waals surface area contributed by atoms with E-state index in [0.717, 1.165) is 24.8 Å². The van der Waals surface area contributed by atoms with Crippen LogP contribution in [-0.2, 0) is 11.3 Å². The Hall–Kier alpha value is -0.910. The second-order valence-electron chi connectivity index (χ2n) is 5.32. The van der Waals surface area contributed by atoms with Crippen LogP contribution in [0.4, 0.5) is 5.69 Å². The Morgan fingerprint density at radius 2 is 2.32 bits per heavy atom. The fourth-order valence-corrected chi connectivity index (χ4v) is 2.96. The molecule has 106 valence electrons. The molecule has 0 aromatic carbocycles. The summed E-state index contributed by atoms with van der Waals surface area (Å²) in [6.07, 6.45) is 2.69. The fraction of sp³-hybridized carbons (Fsp3) is 0.643. The van der Waals surface area contributed by atoms with Crippen molar-refractivity contribution >= 4 is 22.9 Å². The highest BCUT2D eigenvalue weighted by molar-refractivity contribution is 7.10. The highest BCUT2D eigenvalue weighted by atomic mass is 32.1. The molecule has 2 rings (SSSR count). The number of amides is 1. The van der Waals surface area contributed by atoms with Gasteiger partial charge in [0.25, 0.3) is 0 Å². The second-order valence-corrected chi connectivity index (χ2v) is 6.32. The van der Waals surface area contributed by atoms with E-state index >= 15 is 0 Å². The number of nitrogens with one attached hydrogen (secondary N) is 2. The minimum absolute atomic E-state index is 0.0125. The summed E-state index contributed by atoms with van der Waals surface area (Å²) >= 11 is 1.68. The molecule has 1 atom stereocenters. The summed E-state index contributed by atoms with van der Waals surface area (Å²) in [5.74, 6) is -0.0125. The second kappa shape index (κ2) is 6.50. The van der Waals surface area contributed by atoms with Gasteiger partial charge < -0.3 is 10.6 Å². The Bertz CT molecular complexity index is 428. The summed E-state index contributed by atoms with van der Waals surface area (Å²) in [6.45, 7) is 5.59. The van der Waals surface area contributed by atoms with E-state index in [1.165, 1.54) is 17.7 Å². The van der Waals surface area contributed by atoms with Crippen LogP contribution in [-0.4, -0.2) is 36.5 Å². The Balaban J connectivity index is 1.75. The maximum atomic E-state index is 11.1. The Morgan fingerprint density at radius 3 is 2.95 bits per heavy atom. The number of anilines is 1. The lowest BCUT2D eigenvalue weighted by Gasteiger charge is -2.24. The summed E-state index contributed by atoms with van der Waals surface area (Å²) < 4.78 is 0. The SMILES string of the molecule is CC(=O)Nc1ccsc1CNCC(C)N(C)C1CC1. The lowest BCUT2D eigenvalue weighted by Crippen LogP contribution is -2.38. The minimum Gasteiger partial charge on any atom is -0.325 e. The molecule has 5 heteroatoms. The van der Waals surface area contributed by atoms with Crippen LogP contribution in [0.25, 0.3) is 0 Å². The Kier molecular flexibility index (Phi) is 4.96. The summed E-state index contributed by atoms with van der Waals surface area (Å²) in [4.78, 5) is 14.7. The number of hydrogen-bond donors (Lipinski definition) is 2. The maximum Gasteiger partial charge on any atom is 0.221 e. The summed E-state index contributed by atoms with van der Waals surface area (Å²) in [6, 6.07) is 3.31. The molecule has 1 aromatic heterocycles. The van der Waals surface area contributed by atoms with Crippen LogP contribution in [0.15, 0.2) is 11.4 Å². The first-order chi connectivity index (χ1) is 9.08. The summed E-state index contributed by atoms with van der Waals surface area (Å²) in [7, 11) is 2.21. The summed E-state index contributed by atoms with van der Waals surface area (Å²) in [5.41, 5.74) is 0.938. The van der Waals surface area contributed by atoms with Gasteiger partial charge in [-0.1, -0.05) is 0 Å². The molecule has 1 aliphatic carbocycles. The maximum absolute atomic E-state index is 11.1. The van der Waals surface area contributed by atoms with Gasteiger partial charge in [-0.15, -0.1) is 11.3 Å². The van der Waals surface area contributed by atoms with Crippen molar-refractivity contribution in [1.29, 1.82) is 0 Å². The molecule has 1 aromatic rings. The molecule has 19 heavy (non-hydrogen) atoms. The highest BCUT2D eigenvalue weighted by Crippen LogP contribution is 2.27. The van der Waals surface area contributed by atoms with Crippen molar-refractivity contribution in [2.24, 2.45) is 0 Å². The molecular weight excluding hydrogens is 258 g/mol. The van der Waals surface area contributed by atoms with Gasteiger partial charge in [0.15, 0.2) is 0 Å². The first kappa shape index (κ1) is 14.5. The average Bonchev–Trinajstić information content (AvgIpc) is 3.11. The van der Waals surface area contributed by atoms with Gasteiger partial charge in [0, 0.05) is 37.0 Å². The molecule has 1 heterocycles. The first-order valence-corrected chi connectivity index (χ1v) is 7.72. The van der Waals surface area contributed by atoms with E-state index in [1.54, 1.807) is 18.3 Å². The third kappa shape index (κ3) is 4.30. The zero-order valence-corrected chi connectivity index (χ0v) is 12.7. The predicted molar refractivity (Wildman–Crippen MR) is 80.6 cm³/mol. The lowest BCUT2D eigenvalue weighted by molar-refractivity contribution is -0.114. The van der Waals surface area contributed by atoms with E-state index in [0.29, 0.717) is 6.04 Å². The average molecular weight is 281 g/mol. The van der Waals surface area contributed by atoms with Gasteiger partial charge in [0.05, 0.1) is 5.69 Å². The van der Waals surface area contributed by atoms with E-state index in [2.05, 4.69) is 29.5 Å². The molecule has 0 aliphatic heterocycles. The van der Waals surface area contributed by atoms with Gasteiger partial charge in [0.2, 0.25) is 5.91 Å². The number of rotatable bonds is 7. The van der Waals surface area contributed by atoms with Crippen LogP contribution in [0.1, 0.15) is 31.6 Å². The molecule has 1 saturated carbocycles. The quantitative estimate of drug-likeness (QED) is 0.806. The van der Waals surface area contributed by atoms with Crippen LogP contribution >= 0.6 is 11.3 Å². The van der Waals surface area contributed by atoms with Crippen molar-refractivity contribution in [2.45, 2.75) is 45.3 Å². The van der Waals surface area contributed by atoms with Gasteiger partial charge in [-0.25, -0.2) is 0 Å². The number of nitrogens with zero attached hydrogens (tertiary/aromatic N) is 1. The molecule has 4 nitrogen and oxygen atoms in total. The monoisotopic (exact) mass is 281 g/mol. The standard InChI is InChI=1S/C14H23N3OS/c1-10(17(3)12-4-5-12)8-15-9-14-13(6-7-19-14)16-11(2)18/h6-7,10,12,15H,4-5,8-9H2,1-3H3,(H,16,18). The van der Waals surface area contributed by atoms with E-state index in [9.17, 15) is 4.79 Å². The van der Waals surface area contributed by atoms with Crippen molar-refractivity contribution in [3.63, 3.8) is 0 Å². The van der Waals surface area contributed by atoms with E-state index in [4.69, 9.17) is 0 Å². The Morgan fingerprint density at radius 1 is 1.58 bits per heavy atom. The first-order valence-electron chi connectivity index (χ1n) is 6.84. The normalized spacial score (nSPS) is 16.6. The van der Waals surface area contributed by atoms with Crippen LogP contribution in [0, 0.1) is 0 Å². The zero-order chi connectivity index (χ0) is 13.8. The molecule has 2 N–H and O–H groups in total. The third-order valence-electron chi connectivity index (χ3n) is 3.60. The molecule has 0 spiro atoms. The molecule has 1 unspecified atom stereocenters. The van der Waals surface area contributed by atoms with Crippen LogP contribution in [0.2, 0.25) is 0 Å². The molecule has 0 saturated heterocycles. The molecule has 1 fully saturated rings. The number of carbonyl (C=O) groups excluding carboxylic acids is 1. The topological polar surface area (TPSA) is 44.4 Å². The van der Waals surface area contributed by atoms with Crippen molar-refractivity contribution in [3.05, 3.63) is 16.3 Å². The van der Waals surface area contributed by atoms with Crippen LogP contribution < -0.4 is 10.6 Å². The van der Waals surface area contributed by atoms with Crippen LogP contribution in [0.5, 0.6) is 0 Å². The number of thiophene rings is 1. The molecule has 1 amide bonds. The lowest BCUT2D eigenvalue weighted by atomic mass is 10.3. The number of likely N-dealkylation sites (N-methyl/N-ethyl adjacent to an activating group) is 1. The van der Waals surface area contributed by atoms with E-state index in [-0.39, 0.29) is 5.91 Å². The molecular formula is C14H23N3OS. The van der Waals surface area contributed by atoms with Gasteiger partial charge >= 0.3 is 0 Å². The van der Waals surface area contributed by atoms with Crippen molar-refractivity contribution in [1.82, 2.24) is 10.2 Å². The summed E-state index contributed by atoms with van der Waals surface area (Å²) in [5, 5.41) is 8.36. The molecule has 0 bridgehead atoms. The zero-order valence-electron chi connectivity index (χ0n) is 11.9. The van der Waals surface area contributed by atoms with Gasteiger partial charge in [0.1, 0.15) is 0 Å². The smallest absolute Gasteiger partial charge is 0.221 e. The van der Waals surface area contributed by atoms with Crippen LogP contribution in [0.3, 0.4) is 0 Å². The minimum atomic E-state index is -0.0125. The number of hydrogen-bond acceptors (Lipinski definition) is 4. The predicted octanol–water partition coefficient (Wildman–Crippen LogP) is 2.28. The number of carbonyl (C=O) groups is 1. The van der Waals surface area contributed by atoms with Crippen molar-refractivity contribution < 1.29 is 4.79 Å². The highest BCUT2D eigenvalue weighted by Gasteiger charge is 2.28.